The molecule has 0 aliphatic rings. The maximum Gasteiger partial charge on any atom is 0.264 e. The molecular formula is C11H6BrF3N2O2S. The highest BCUT2D eigenvalue weighted by molar-refractivity contribution is 9.10. The topological polar surface area (TPSA) is 59.1 Å². The third kappa shape index (κ3) is 3.10. The minimum atomic E-state index is -4.34. The Morgan fingerprint density at radius 2 is 1.80 bits per heavy atom. The van der Waals surface area contributed by atoms with E-state index >= 15 is 0 Å². The highest BCUT2D eigenvalue weighted by Gasteiger charge is 2.21. The van der Waals surface area contributed by atoms with E-state index in [-0.39, 0.29) is 0 Å². The fourth-order valence-electron chi connectivity index (χ4n) is 1.38. The van der Waals surface area contributed by atoms with Gasteiger partial charge in [-0.25, -0.2) is 12.8 Å². The van der Waals surface area contributed by atoms with Gasteiger partial charge in [0.05, 0.1) is 0 Å². The van der Waals surface area contributed by atoms with Gasteiger partial charge >= 0.3 is 0 Å². The van der Waals surface area contributed by atoms with Crippen LogP contribution in [0.2, 0.25) is 0 Å². The van der Waals surface area contributed by atoms with Crippen molar-refractivity contribution in [2.45, 2.75) is 4.90 Å². The summed E-state index contributed by atoms with van der Waals surface area (Å²) in [5, 5.41) is 0. The van der Waals surface area contributed by atoms with E-state index in [1.807, 2.05) is 0 Å². The predicted molar refractivity (Wildman–Crippen MR) is 69.1 cm³/mol. The number of anilines is 1. The van der Waals surface area contributed by atoms with Gasteiger partial charge in [0, 0.05) is 4.47 Å². The zero-order valence-corrected chi connectivity index (χ0v) is 12.0. The Bertz CT molecular complexity index is 768. The van der Waals surface area contributed by atoms with E-state index in [0.29, 0.717) is 4.47 Å². The van der Waals surface area contributed by atoms with Gasteiger partial charge in [-0.05, 0) is 30.3 Å². The minimum Gasteiger partial charge on any atom is -0.275 e. The van der Waals surface area contributed by atoms with Gasteiger partial charge in [0.25, 0.3) is 10.0 Å². The van der Waals surface area contributed by atoms with Gasteiger partial charge < -0.3 is 0 Å². The second-order valence-electron chi connectivity index (χ2n) is 3.65. The Morgan fingerprint density at radius 3 is 2.40 bits per heavy atom. The number of aromatic nitrogens is 1. The van der Waals surface area contributed by atoms with Crippen LogP contribution in [0.25, 0.3) is 0 Å². The quantitative estimate of drug-likeness (QED) is 0.849. The smallest absolute Gasteiger partial charge is 0.264 e. The number of pyridine rings is 1. The average molecular weight is 367 g/mol. The summed E-state index contributed by atoms with van der Waals surface area (Å²) in [5.41, 5.74) is -0.575. The third-order valence-corrected chi connectivity index (χ3v) is 4.13. The maximum absolute atomic E-state index is 13.6. The summed E-state index contributed by atoms with van der Waals surface area (Å²) in [4.78, 5) is 2.16. The first-order valence-corrected chi connectivity index (χ1v) is 7.37. The summed E-state index contributed by atoms with van der Waals surface area (Å²) >= 11 is 2.98. The predicted octanol–water partition coefficient (Wildman–Crippen LogP) is 3.06. The van der Waals surface area contributed by atoms with Crippen molar-refractivity contribution < 1.29 is 21.6 Å². The molecule has 1 aromatic carbocycles. The van der Waals surface area contributed by atoms with Crippen molar-refractivity contribution in [3.05, 3.63) is 52.5 Å². The molecule has 0 spiro atoms. The number of hydrogen-bond donors (Lipinski definition) is 1. The number of nitrogens with one attached hydrogen (secondary N) is 1. The highest BCUT2D eigenvalue weighted by atomic mass is 79.9. The Labute approximate surface area is 120 Å². The van der Waals surface area contributed by atoms with E-state index in [2.05, 4.69) is 20.9 Å². The molecule has 0 saturated heterocycles. The van der Waals surface area contributed by atoms with Crippen LogP contribution in [-0.2, 0) is 10.0 Å². The summed E-state index contributed by atoms with van der Waals surface area (Å²) in [6, 6.07) is 4.91. The van der Waals surface area contributed by atoms with Crippen molar-refractivity contribution in [2.75, 3.05) is 4.72 Å². The van der Waals surface area contributed by atoms with Crippen LogP contribution >= 0.6 is 15.9 Å². The standard InChI is InChI=1S/C11H6BrF3N2O2S/c12-6-1-3-9(7(13)5-6)20(18,19)17-8-2-4-10(14)16-11(8)15/h1-5,17H. The first-order valence-electron chi connectivity index (χ1n) is 5.09. The molecule has 0 saturated carbocycles. The minimum absolute atomic E-state index is 0.351. The highest BCUT2D eigenvalue weighted by Crippen LogP contribution is 2.22. The van der Waals surface area contributed by atoms with Crippen LogP contribution in [0.15, 0.2) is 39.7 Å². The molecule has 0 unspecified atom stereocenters. The summed E-state index contributed by atoms with van der Waals surface area (Å²) in [6.45, 7) is 0. The largest absolute Gasteiger partial charge is 0.275 e. The van der Waals surface area contributed by atoms with E-state index in [1.165, 1.54) is 6.07 Å². The number of rotatable bonds is 3. The Kier molecular flexibility index (Phi) is 4.00. The van der Waals surface area contributed by atoms with E-state index in [4.69, 9.17) is 0 Å². The molecule has 0 radical (unpaired) electrons. The zero-order chi connectivity index (χ0) is 14.9. The number of sulfonamides is 1. The van der Waals surface area contributed by atoms with Gasteiger partial charge in [-0.3, -0.25) is 4.72 Å². The molecule has 106 valence electrons. The van der Waals surface area contributed by atoms with Crippen LogP contribution < -0.4 is 4.72 Å². The molecule has 2 aromatic rings. The van der Waals surface area contributed by atoms with Crippen LogP contribution in [0.1, 0.15) is 0 Å². The number of hydrogen-bond acceptors (Lipinski definition) is 3. The second-order valence-corrected chi connectivity index (χ2v) is 6.22. The van der Waals surface area contributed by atoms with Crippen molar-refractivity contribution in [3.8, 4) is 0 Å². The van der Waals surface area contributed by atoms with Crippen LogP contribution in [-0.4, -0.2) is 13.4 Å². The lowest BCUT2D eigenvalue weighted by Crippen LogP contribution is -2.16. The van der Waals surface area contributed by atoms with Gasteiger partial charge in [0.2, 0.25) is 11.9 Å². The van der Waals surface area contributed by atoms with E-state index in [1.54, 1.807) is 4.72 Å². The molecular weight excluding hydrogens is 361 g/mol. The van der Waals surface area contributed by atoms with Crippen LogP contribution in [0, 0.1) is 17.7 Å². The lowest BCUT2D eigenvalue weighted by Gasteiger charge is -2.09. The number of nitrogens with zero attached hydrogens (tertiary/aromatic N) is 1. The van der Waals surface area contributed by atoms with Crippen molar-refractivity contribution in [2.24, 2.45) is 0 Å². The fourth-order valence-corrected chi connectivity index (χ4v) is 2.83. The van der Waals surface area contributed by atoms with Crippen molar-refractivity contribution in [1.82, 2.24) is 4.98 Å². The maximum atomic E-state index is 13.6. The lowest BCUT2D eigenvalue weighted by molar-refractivity contribution is 0.515. The van der Waals surface area contributed by atoms with Crippen LogP contribution in [0.3, 0.4) is 0 Å². The summed E-state index contributed by atoms with van der Waals surface area (Å²) in [7, 11) is -4.34. The first-order chi connectivity index (χ1) is 9.29. The van der Waals surface area contributed by atoms with Gasteiger partial charge in [0.15, 0.2) is 0 Å². The van der Waals surface area contributed by atoms with Crippen LogP contribution in [0.5, 0.6) is 0 Å². The zero-order valence-electron chi connectivity index (χ0n) is 9.57. The SMILES string of the molecule is O=S(=O)(Nc1ccc(F)nc1F)c1ccc(Br)cc1F. The van der Waals surface area contributed by atoms with Crippen molar-refractivity contribution >= 4 is 31.6 Å². The van der Waals surface area contributed by atoms with E-state index in [9.17, 15) is 21.6 Å². The average Bonchev–Trinajstić information content (AvgIpc) is 2.32. The molecule has 9 heteroatoms. The Balaban J connectivity index is 2.41. The molecule has 0 aliphatic heterocycles. The molecule has 4 nitrogen and oxygen atoms in total. The summed E-state index contributed by atoms with van der Waals surface area (Å²) in [6.07, 6.45) is 0. The van der Waals surface area contributed by atoms with Gasteiger partial charge in [0.1, 0.15) is 16.4 Å². The molecule has 1 N–H and O–H groups in total. The Morgan fingerprint density at radius 1 is 1.10 bits per heavy atom. The lowest BCUT2D eigenvalue weighted by atomic mass is 10.3. The molecule has 0 amide bonds. The molecule has 0 aliphatic carbocycles. The van der Waals surface area contributed by atoms with E-state index < -0.39 is 38.3 Å². The molecule has 0 bridgehead atoms. The van der Waals surface area contributed by atoms with Crippen LogP contribution in [0.4, 0.5) is 18.9 Å². The molecule has 1 aromatic heterocycles. The molecule has 2 rings (SSSR count). The van der Waals surface area contributed by atoms with Crippen molar-refractivity contribution in [1.29, 1.82) is 0 Å². The summed E-state index contributed by atoms with van der Waals surface area (Å²) in [5.74, 6) is -3.45. The molecule has 0 fully saturated rings. The number of halogens is 4. The second kappa shape index (κ2) is 5.41. The van der Waals surface area contributed by atoms with Gasteiger partial charge in [-0.15, -0.1) is 0 Å². The normalized spacial score (nSPS) is 11.4. The molecule has 1 heterocycles. The third-order valence-electron chi connectivity index (χ3n) is 2.24. The molecule has 20 heavy (non-hydrogen) atoms. The fraction of sp³-hybridized carbons (Fsp3) is 0. The monoisotopic (exact) mass is 366 g/mol. The molecule has 0 atom stereocenters. The first kappa shape index (κ1) is 14.8. The van der Waals surface area contributed by atoms with Gasteiger partial charge in [-0.1, -0.05) is 15.9 Å². The Hall–Kier alpha value is -1.61. The van der Waals surface area contributed by atoms with Gasteiger partial charge in [-0.2, -0.15) is 13.8 Å². The summed E-state index contributed by atoms with van der Waals surface area (Å²) < 4.78 is 65.5. The van der Waals surface area contributed by atoms with Crippen molar-refractivity contribution in [3.63, 3.8) is 0 Å². The van der Waals surface area contributed by atoms with E-state index in [0.717, 1.165) is 24.3 Å². The number of benzene rings is 1.